The second-order valence-electron chi connectivity index (χ2n) is 5.97. The van der Waals surface area contributed by atoms with Crippen LogP contribution in [0.2, 0.25) is 15.1 Å². The van der Waals surface area contributed by atoms with E-state index < -0.39 is 5.82 Å². The lowest BCUT2D eigenvalue weighted by molar-refractivity contribution is -0.113. The van der Waals surface area contributed by atoms with Crippen molar-refractivity contribution in [2.75, 3.05) is 11.1 Å². The first-order valence-corrected chi connectivity index (χ1v) is 10.9. The van der Waals surface area contributed by atoms with E-state index in [4.69, 9.17) is 39.5 Å². The Bertz CT molecular complexity index is 1060. The number of ether oxygens (including phenoxy) is 1. The number of rotatable bonds is 8. The summed E-state index contributed by atoms with van der Waals surface area (Å²) in [5, 5.41) is 12.3. The van der Waals surface area contributed by atoms with Gasteiger partial charge in [-0.05, 0) is 37.3 Å². The van der Waals surface area contributed by atoms with Gasteiger partial charge in [-0.2, -0.15) is 0 Å². The molecule has 30 heavy (non-hydrogen) atoms. The number of hydrogen-bond acceptors (Lipinski definition) is 5. The first-order valence-electron chi connectivity index (χ1n) is 8.75. The Morgan fingerprint density at radius 3 is 2.63 bits per heavy atom. The van der Waals surface area contributed by atoms with Crippen LogP contribution in [-0.2, 0) is 17.9 Å². The number of nitrogens with zero attached hydrogens (tertiary/aromatic N) is 3. The molecule has 11 heteroatoms. The third-order valence-corrected chi connectivity index (χ3v) is 5.90. The van der Waals surface area contributed by atoms with Gasteiger partial charge in [0.2, 0.25) is 5.91 Å². The van der Waals surface area contributed by atoms with Crippen LogP contribution in [0.5, 0.6) is 5.75 Å². The molecular formula is C19H16Cl3FN4O2S. The van der Waals surface area contributed by atoms with Crippen molar-refractivity contribution in [2.24, 2.45) is 0 Å². The molecule has 0 unspecified atom stereocenters. The van der Waals surface area contributed by atoms with E-state index in [1.807, 2.05) is 11.5 Å². The summed E-state index contributed by atoms with van der Waals surface area (Å²) < 4.78 is 20.7. The largest absolute Gasteiger partial charge is 0.486 e. The van der Waals surface area contributed by atoms with Gasteiger partial charge in [0.25, 0.3) is 0 Å². The molecule has 3 rings (SSSR count). The molecule has 0 spiro atoms. The van der Waals surface area contributed by atoms with Crippen molar-refractivity contribution in [1.82, 2.24) is 14.8 Å². The van der Waals surface area contributed by atoms with Crippen molar-refractivity contribution in [3.8, 4) is 5.75 Å². The van der Waals surface area contributed by atoms with Gasteiger partial charge in [0.15, 0.2) is 11.0 Å². The van der Waals surface area contributed by atoms with E-state index in [1.165, 1.54) is 30.0 Å². The van der Waals surface area contributed by atoms with Gasteiger partial charge in [0.1, 0.15) is 18.2 Å². The van der Waals surface area contributed by atoms with E-state index >= 15 is 0 Å². The van der Waals surface area contributed by atoms with Gasteiger partial charge in [-0.25, -0.2) is 4.39 Å². The van der Waals surface area contributed by atoms with E-state index in [0.717, 1.165) is 0 Å². The predicted octanol–water partition coefficient (Wildman–Crippen LogP) is 5.71. The lowest BCUT2D eigenvalue weighted by Crippen LogP contribution is -2.15. The Balaban J connectivity index is 1.58. The molecule has 0 aliphatic rings. The Kier molecular flexibility index (Phi) is 7.82. The van der Waals surface area contributed by atoms with Crippen LogP contribution in [0.25, 0.3) is 0 Å². The number of aromatic nitrogens is 3. The zero-order valence-corrected chi connectivity index (χ0v) is 18.7. The minimum absolute atomic E-state index is 0.0197. The standard InChI is InChI=1S/C19H16Cl3FN4O2S/c1-2-27-17(9-29-12-4-6-16(23)15(22)8-12)25-26-19(27)30-10-18(28)24-11-3-5-13(20)14(21)7-11/h3-8H,2,9-10H2,1H3,(H,24,28). The van der Waals surface area contributed by atoms with Gasteiger partial charge in [0.05, 0.1) is 20.8 Å². The zero-order chi connectivity index (χ0) is 21.7. The molecule has 0 saturated carbocycles. The molecule has 0 aliphatic carbocycles. The Hall–Kier alpha value is -2.00. The van der Waals surface area contributed by atoms with Crippen LogP contribution in [0.4, 0.5) is 10.1 Å². The first kappa shape index (κ1) is 22.7. The summed E-state index contributed by atoms with van der Waals surface area (Å²) in [5.74, 6) is 0.390. The monoisotopic (exact) mass is 488 g/mol. The highest BCUT2D eigenvalue weighted by molar-refractivity contribution is 7.99. The van der Waals surface area contributed by atoms with Crippen molar-refractivity contribution in [3.63, 3.8) is 0 Å². The third kappa shape index (κ3) is 5.78. The maximum Gasteiger partial charge on any atom is 0.234 e. The number of amides is 1. The maximum absolute atomic E-state index is 13.2. The topological polar surface area (TPSA) is 69.0 Å². The summed E-state index contributed by atoms with van der Waals surface area (Å²) >= 11 is 18.8. The van der Waals surface area contributed by atoms with E-state index in [-0.39, 0.29) is 23.3 Å². The summed E-state index contributed by atoms with van der Waals surface area (Å²) in [7, 11) is 0. The van der Waals surface area contributed by atoms with Crippen LogP contribution in [0.3, 0.4) is 0 Å². The fourth-order valence-electron chi connectivity index (χ4n) is 2.47. The zero-order valence-electron chi connectivity index (χ0n) is 15.7. The number of benzene rings is 2. The molecule has 0 radical (unpaired) electrons. The van der Waals surface area contributed by atoms with Crippen molar-refractivity contribution in [1.29, 1.82) is 0 Å². The van der Waals surface area contributed by atoms with Crippen LogP contribution in [0, 0.1) is 5.82 Å². The second kappa shape index (κ2) is 10.3. The highest BCUT2D eigenvalue weighted by Crippen LogP contribution is 2.26. The molecule has 0 fully saturated rings. The van der Waals surface area contributed by atoms with Crippen LogP contribution in [0.1, 0.15) is 12.7 Å². The third-order valence-electron chi connectivity index (χ3n) is 3.90. The van der Waals surface area contributed by atoms with E-state index in [9.17, 15) is 9.18 Å². The SMILES string of the molecule is CCn1c(COc2ccc(F)c(Cl)c2)nnc1SCC(=O)Nc1ccc(Cl)c(Cl)c1. The van der Waals surface area contributed by atoms with Gasteiger partial charge in [-0.3, -0.25) is 4.79 Å². The molecule has 1 aromatic heterocycles. The molecule has 3 aromatic rings. The lowest BCUT2D eigenvalue weighted by atomic mass is 10.3. The van der Waals surface area contributed by atoms with Crippen LogP contribution >= 0.6 is 46.6 Å². The number of anilines is 1. The minimum atomic E-state index is -0.515. The van der Waals surface area contributed by atoms with Crippen LogP contribution in [-0.4, -0.2) is 26.4 Å². The first-order chi connectivity index (χ1) is 14.4. The molecule has 158 valence electrons. The number of carbonyl (C=O) groups is 1. The fourth-order valence-corrected chi connectivity index (χ4v) is 3.76. The molecule has 0 saturated heterocycles. The van der Waals surface area contributed by atoms with Gasteiger partial charge < -0.3 is 14.6 Å². The van der Waals surface area contributed by atoms with Gasteiger partial charge in [0, 0.05) is 18.3 Å². The van der Waals surface area contributed by atoms with Gasteiger partial charge in [-0.15, -0.1) is 10.2 Å². The molecule has 1 heterocycles. The van der Waals surface area contributed by atoms with E-state index in [2.05, 4.69) is 15.5 Å². The number of halogens is 4. The Labute approximate surface area is 191 Å². The fraction of sp³-hybridized carbons (Fsp3) is 0.211. The molecule has 1 N–H and O–H groups in total. The van der Waals surface area contributed by atoms with Gasteiger partial charge in [-0.1, -0.05) is 46.6 Å². The average Bonchev–Trinajstić information content (AvgIpc) is 3.12. The van der Waals surface area contributed by atoms with E-state index in [1.54, 1.807) is 18.2 Å². The van der Waals surface area contributed by atoms with Crippen molar-refractivity contribution in [2.45, 2.75) is 25.2 Å². The number of thioether (sulfide) groups is 1. The Morgan fingerprint density at radius 2 is 1.93 bits per heavy atom. The van der Waals surface area contributed by atoms with Crippen molar-refractivity contribution in [3.05, 3.63) is 63.1 Å². The summed E-state index contributed by atoms with van der Waals surface area (Å²) in [6.07, 6.45) is 0. The quantitative estimate of drug-likeness (QED) is 0.411. The normalized spacial score (nSPS) is 10.8. The average molecular weight is 490 g/mol. The number of nitrogens with one attached hydrogen (secondary N) is 1. The molecular weight excluding hydrogens is 474 g/mol. The molecule has 0 atom stereocenters. The van der Waals surface area contributed by atoms with Gasteiger partial charge >= 0.3 is 0 Å². The number of hydrogen-bond donors (Lipinski definition) is 1. The van der Waals surface area contributed by atoms with Crippen molar-refractivity contribution >= 4 is 58.2 Å². The highest BCUT2D eigenvalue weighted by atomic mass is 35.5. The summed E-state index contributed by atoms with van der Waals surface area (Å²) in [6.45, 7) is 2.65. The lowest BCUT2D eigenvalue weighted by Gasteiger charge is -2.09. The van der Waals surface area contributed by atoms with Crippen LogP contribution < -0.4 is 10.1 Å². The van der Waals surface area contributed by atoms with Crippen LogP contribution in [0.15, 0.2) is 41.6 Å². The second-order valence-corrected chi connectivity index (χ2v) is 8.14. The molecule has 0 aliphatic heterocycles. The smallest absolute Gasteiger partial charge is 0.234 e. The highest BCUT2D eigenvalue weighted by Gasteiger charge is 2.14. The summed E-state index contributed by atoms with van der Waals surface area (Å²) in [5.41, 5.74) is 0.555. The maximum atomic E-state index is 13.2. The summed E-state index contributed by atoms with van der Waals surface area (Å²) in [6, 6.07) is 8.97. The predicted molar refractivity (Wildman–Crippen MR) is 117 cm³/mol. The summed E-state index contributed by atoms with van der Waals surface area (Å²) in [4.78, 5) is 12.2. The minimum Gasteiger partial charge on any atom is -0.486 e. The molecule has 1 amide bonds. The van der Waals surface area contributed by atoms with Crippen molar-refractivity contribution < 1.29 is 13.9 Å². The molecule has 0 bridgehead atoms. The Morgan fingerprint density at radius 1 is 1.13 bits per heavy atom. The van der Waals surface area contributed by atoms with E-state index in [0.29, 0.717) is 39.0 Å². The molecule has 2 aromatic carbocycles. The molecule has 6 nitrogen and oxygen atoms in total. The number of carbonyl (C=O) groups excluding carboxylic acids is 1.